The van der Waals surface area contributed by atoms with Crippen molar-refractivity contribution in [3.05, 3.63) is 43.0 Å². The highest BCUT2D eigenvalue weighted by Crippen LogP contribution is 2.41. The molecule has 4 N–H and O–H groups in total. The summed E-state index contributed by atoms with van der Waals surface area (Å²) in [5.74, 6) is 0.307. The Labute approximate surface area is 142 Å². The van der Waals surface area contributed by atoms with Crippen LogP contribution in [0.5, 0.6) is 0 Å². The van der Waals surface area contributed by atoms with Gasteiger partial charge in [0.2, 0.25) is 0 Å². The van der Waals surface area contributed by atoms with Gasteiger partial charge in [0, 0.05) is 10.1 Å². The van der Waals surface area contributed by atoms with Crippen molar-refractivity contribution in [2.24, 2.45) is 0 Å². The Balaban J connectivity index is 1.63. The lowest BCUT2D eigenvalue weighted by Crippen LogP contribution is -2.30. The average Bonchev–Trinajstić information content (AvgIpc) is 3.13. The summed E-state index contributed by atoms with van der Waals surface area (Å²) in [5.41, 5.74) is 6.90. The van der Waals surface area contributed by atoms with E-state index in [0.29, 0.717) is 23.4 Å². The Bertz CT molecular complexity index is 856. The molecule has 2 heterocycles. The Morgan fingerprint density at radius 1 is 1.08 bits per heavy atom. The summed E-state index contributed by atoms with van der Waals surface area (Å²) in [7, 11) is 0. The molecule has 3 aromatic rings. The van der Waals surface area contributed by atoms with Crippen LogP contribution in [0.25, 0.3) is 11.2 Å². The molecule has 1 saturated carbocycles. The second-order valence-corrected chi connectivity index (χ2v) is 7.15. The van der Waals surface area contributed by atoms with Gasteiger partial charge in [0.05, 0.1) is 18.5 Å². The minimum Gasteiger partial charge on any atom is -0.389 e. The number of hydrogen-bond acceptors (Lipinski definition) is 7. The van der Waals surface area contributed by atoms with Crippen LogP contribution in [0.2, 0.25) is 0 Å². The number of aromatic nitrogens is 4. The van der Waals surface area contributed by atoms with Crippen LogP contribution in [0.3, 0.4) is 0 Å². The highest BCUT2D eigenvalue weighted by molar-refractivity contribution is 8.00. The quantitative estimate of drug-likeness (QED) is 0.656. The molecule has 0 saturated heterocycles. The van der Waals surface area contributed by atoms with Gasteiger partial charge < -0.3 is 20.5 Å². The third kappa shape index (κ3) is 2.52. The molecule has 1 fully saturated rings. The standard InChI is InChI=1S/C16H17N5O2S/c17-15-12-16(19-7-18-15)21(8-20-12)10-6-11(14(23)13(10)22)24-9-4-2-1-3-5-9/h1-5,7-8,10-11,13-14,22-23H,6H2,(H2,17,18,19)/t10-,11+,13+,14-/m1/s1. The van der Waals surface area contributed by atoms with Gasteiger partial charge in [-0.3, -0.25) is 0 Å². The molecule has 4 rings (SSSR count). The van der Waals surface area contributed by atoms with E-state index in [2.05, 4.69) is 15.0 Å². The van der Waals surface area contributed by atoms with Crippen LogP contribution >= 0.6 is 11.8 Å². The number of fused-ring (bicyclic) bond motifs is 1. The minimum atomic E-state index is -0.889. The molecule has 4 atom stereocenters. The van der Waals surface area contributed by atoms with E-state index in [1.54, 1.807) is 22.7 Å². The fourth-order valence-corrected chi connectivity index (χ4v) is 4.40. The molecular formula is C16H17N5O2S. The molecule has 1 aliphatic rings. The molecule has 0 radical (unpaired) electrons. The lowest BCUT2D eigenvalue weighted by atomic mass is 10.2. The van der Waals surface area contributed by atoms with Crippen molar-refractivity contribution in [2.45, 2.75) is 34.8 Å². The van der Waals surface area contributed by atoms with Gasteiger partial charge in [0.1, 0.15) is 17.9 Å². The number of nitrogen functional groups attached to an aromatic ring is 1. The predicted molar refractivity (Wildman–Crippen MR) is 91.5 cm³/mol. The molecule has 24 heavy (non-hydrogen) atoms. The molecule has 7 nitrogen and oxygen atoms in total. The summed E-state index contributed by atoms with van der Waals surface area (Å²) in [6, 6.07) is 9.56. The monoisotopic (exact) mass is 343 g/mol. The van der Waals surface area contributed by atoms with Crippen LogP contribution in [0.1, 0.15) is 12.5 Å². The molecule has 0 amide bonds. The number of aliphatic hydroxyl groups is 2. The Morgan fingerprint density at radius 3 is 2.67 bits per heavy atom. The first-order chi connectivity index (χ1) is 11.6. The fourth-order valence-electron chi connectivity index (χ4n) is 3.15. The third-order valence-corrected chi connectivity index (χ3v) is 5.69. The van der Waals surface area contributed by atoms with Gasteiger partial charge in [0.15, 0.2) is 11.5 Å². The topological polar surface area (TPSA) is 110 Å². The summed E-state index contributed by atoms with van der Waals surface area (Å²) in [6.45, 7) is 0. The molecule has 0 bridgehead atoms. The maximum atomic E-state index is 10.5. The minimum absolute atomic E-state index is 0.107. The van der Waals surface area contributed by atoms with Crippen molar-refractivity contribution in [1.82, 2.24) is 19.5 Å². The van der Waals surface area contributed by atoms with E-state index in [4.69, 9.17) is 5.73 Å². The number of imidazole rings is 1. The molecule has 1 aromatic carbocycles. The summed E-state index contributed by atoms with van der Waals surface area (Å²) < 4.78 is 1.78. The zero-order valence-corrected chi connectivity index (χ0v) is 13.5. The molecule has 8 heteroatoms. The Morgan fingerprint density at radius 2 is 1.88 bits per heavy atom. The van der Waals surface area contributed by atoms with E-state index in [0.717, 1.165) is 4.90 Å². The SMILES string of the molecule is Nc1ncnc2c1ncn2[C@@H]1C[C@H](Sc2ccccc2)[C@@H](O)[C@H]1O. The second kappa shape index (κ2) is 6.04. The summed E-state index contributed by atoms with van der Waals surface area (Å²) in [4.78, 5) is 13.5. The Hall–Kier alpha value is -2.16. The van der Waals surface area contributed by atoms with Gasteiger partial charge in [-0.15, -0.1) is 11.8 Å². The zero-order chi connectivity index (χ0) is 16.7. The van der Waals surface area contributed by atoms with Gasteiger partial charge in [-0.1, -0.05) is 18.2 Å². The average molecular weight is 343 g/mol. The largest absolute Gasteiger partial charge is 0.389 e. The number of thioether (sulfide) groups is 1. The fraction of sp³-hybridized carbons (Fsp3) is 0.312. The number of rotatable bonds is 3. The lowest BCUT2D eigenvalue weighted by Gasteiger charge is -2.18. The van der Waals surface area contributed by atoms with Gasteiger partial charge in [-0.2, -0.15) is 0 Å². The van der Waals surface area contributed by atoms with E-state index in [1.807, 2.05) is 30.3 Å². The van der Waals surface area contributed by atoms with Crippen molar-refractivity contribution in [3.8, 4) is 0 Å². The van der Waals surface area contributed by atoms with Crippen molar-refractivity contribution >= 4 is 28.7 Å². The summed E-state index contributed by atoms with van der Waals surface area (Å²) in [6.07, 6.45) is 1.88. The number of benzene rings is 1. The number of aliphatic hydroxyl groups excluding tert-OH is 2. The van der Waals surface area contributed by atoms with E-state index in [1.165, 1.54) is 6.33 Å². The summed E-state index contributed by atoms with van der Waals surface area (Å²) in [5, 5.41) is 20.9. The van der Waals surface area contributed by atoms with Crippen molar-refractivity contribution in [1.29, 1.82) is 0 Å². The van der Waals surface area contributed by atoms with Gasteiger partial charge in [-0.25, -0.2) is 15.0 Å². The molecule has 0 aliphatic heterocycles. The number of nitrogens with zero attached hydrogens (tertiary/aromatic N) is 4. The van der Waals surface area contributed by atoms with Crippen LogP contribution in [-0.2, 0) is 0 Å². The van der Waals surface area contributed by atoms with Gasteiger partial charge in [-0.05, 0) is 18.6 Å². The van der Waals surface area contributed by atoms with E-state index in [9.17, 15) is 10.2 Å². The van der Waals surface area contributed by atoms with Crippen LogP contribution in [0, 0.1) is 0 Å². The van der Waals surface area contributed by atoms with Gasteiger partial charge in [0.25, 0.3) is 0 Å². The van der Waals surface area contributed by atoms with Crippen molar-refractivity contribution in [2.75, 3.05) is 5.73 Å². The Kier molecular flexibility index (Phi) is 3.87. The number of anilines is 1. The molecule has 1 aliphatic carbocycles. The van der Waals surface area contributed by atoms with E-state index < -0.39 is 12.2 Å². The molecule has 0 unspecified atom stereocenters. The van der Waals surface area contributed by atoms with Crippen LogP contribution in [0.15, 0.2) is 47.9 Å². The molecular weight excluding hydrogens is 326 g/mol. The molecule has 2 aromatic heterocycles. The highest BCUT2D eigenvalue weighted by atomic mass is 32.2. The van der Waals surface area contributed by atoms with E-state index in [-0.39, 0.29) is 11.3 Å². The van der Waals surface area contributed by atoms with E-state index >= 15 is 0 Å². The predicted octanol–water partition coefficient (Wildman–Crippen LogP) is 1.24. The second-order valence-electron chi connectivity index (χ2n) is 5.84. The van der Waals surface area contributed by atoms with Crippen LogP contribution < -0.4 is 5.73 Å². The highest BCUT2D eigenvalue weighted by Gasteiger charge is 2.43. The maximum Gasteiger partial charge on any atom is 0.165 e. The smallest absolute Gasteiger partial charge is 0.165 e. The first kappa shape index (κ1) is 15.4. The number of nitrogens with two attached hydrogens (primary N) is 1. The normalized spacial score (nSPS) is 26.9. The first-order valence-corrected chi connectivity index (χ1v) is 8.54. The van der Waals surface area contributed by atoms with Crippen molar-refractivity contribution in [3.63, 3.8) is 0 Å². The molecule has 124 valence electrons. The van der Waals surface area contributed by atoms with Crippen LogP contribution in [-0.4, -0.2) is 47.2 Å². The maximum absolute atomic E-state index is 10.5. The first-order valence-electron chi connectivity index (χ1n) is 7.66. The van der Waals surface area contributed by atoms with Gasteiger partial charge >= 0.3 is 0 Å². The zero-order valence-electron chi connectivity index (χ0n) is 12.7. The van der Waals surface area contributed by atoms with Crippen molar-refractivity contribution < 1.29 is 10.2 Å². The van der Waals surface area contributed by atoms with Crippen LogP contribution in [0.4, 0.5) is 5.82 Å². The lowest BCUT2D eigenvalue weighted by molar-refractivity contribution is 0.0259. The summed E-state index contributed by atoms with van der Waals surface area (Å²) >= 11 is 1.57. The third-order valence-electron chi connectivity index (χ3n) is 4.37. The number of hydrogen-bond donors (Lipinski definition) is 3. The molecule has 0 spiro atoms.